The number of carbonyl (C=O) groups is 1. The molecule has 4 rings (SSSR count). The van der Waals surface area contributed by atoms with E-state index in [-0.39, 0.29) is 29.3 Å². The summed E-state index contributed by atoms with van der Waals surface area (Å²) in [6.45, 7) is 4.26. The zero-order chi connectivity index (χ0) is 21.4. The van der Waals surface area contributed by atoms with Crippen LogP contribution in [0.5, 0.6) is 0 Å². The fourth-order valence-corrected chi connectivity index (χ4v) is 4.59. The molecule has 1 atom stereocenters. The number of fused-ring (bicyclic) bond motifs is 1. The number of hydrogen-bond acceptors (Lipinski definition) is 8. The number of halogens is 2. The Morgan fingerprint density at radius 1 is 1.43 bits per heavy atom. The molecule has 1 aliphatic rings. The average Bonchev–Trinajstić information content (AvgIpc) is 3.44. The molecule has 0 bridgehead atoms. The predicted octanol–water partition coefficient (Wildman–Crippen LogP) is 2.39. The van der Waals surface area contributed by atoms with Crippen LogP contribution in [0, 0.1) is 6.92 Å². The van der Waals surface area contributed by atoms with E-state index in [1.54, 1.807) is 24.8 Å². The zero-order valence-electron chi connectivity index (χ0n) is 16.4. The molecule has 0 saturated carbocycles. The molecule has 0 spiro atoms. The number of carbonyl (C=O) groups excluding carboxylic acids is 1. The number of amides is 1. The first-order chi connectivity index (χ1) is 14.4. The minimum Gasteiger partial charge on any atom is -0.361 e. The van der Waals surface area contributed by atoms with Gasteiger partial charge >= 0.3 is 0 Å². The summed E-state index contributed by atoms with van der Waals surface area (Å²) in [7, 11) is 0. The molecule has 0 radical (unpaired) electrons. The topological polar surface area (TPSA) is 106 Å². The standard InChI is InChI=1S/C18H20F2N6O3S/c1-3-25-14(13(19)20)23-16-12(17(25)28)22-18(30-16)26-6-4-5-11(26)15(27)21-8-10-7-9(2)29-24-10/h7,11,13H,3-6,8H2,1-2H3,(H,21,27)/t11-/m1/s1. The molecule has 1 amide bonds. The molecule has 1 fully saturated rings. The number of aromatic nitrogens is 4. The molecule has 30 heavy (non-hydrogen) atoms. The summed E-state index contributed by atoms with van der Waals surface area (Å²) in [5, 5.41) is 7.11. The van der Waals surface area contributed by atoms with Gasteiger partial charge in [0.2, 0.25) is 5.91 Å². The van der Waals surface area contributed by atoms with Crippen molar-refractivity contribution in [3.05, 3.63) is 33.7 Å². The van der Waals surface area contributed by atoms with Crippen LogP contribution in [-0.4, -0.2) is 38.2 Å². The number of alkyl halides is 2. The molecule has 4 heterocycles. The minimum absolute atomic E-state index is 0.0466. The monoisotopic (exact) mass is 438 g/mol. The number of anilines is 1. The van der Waals surface area contributed by atoms with Gasteiger partial charge in [-0.2, -0.15) is 0 Å². The van der Waals surface area contributed by atoms with Crippen LogP contribution in [0.2, 0.25) is 0 Å². The number of hydrogen-bond donors (Lipinski definition) is 1. The van der Waals surface area contributed by atoms with Crippen molar-refractivity contribution in [2.45, 2.75) is 52.2 Å². The highest BCUT2D eigenvalue weighted by atomic mass is 32.1. The van der Waals surface area contributed by atoms with Crippen molar-refractivity contribution >= 4 is 32.7 Å². The molecule has 0 unspecified atom stereocenters. The van der Waals surface area contributed by atoms with Crippen LogP contribution >= 0.6 is 11.3 Å². The van der Waals surface area contributed by atoms with Gasteiger partial charge in [-0.3, -0.25) is 14.2 Å². The zero-order valence-corrected chi connectivity index (χ0v) is 17.2. The second-order valence-electron chi connectivity index (χ2n) is 6.97. The third kappa shape index (κ3) is 3.66. The highest BCUT2D eigenvalue weighted by molar-refractivity contribution is 7.21. The third-order valence-electron chi connectivity index (χ3n) is 4.97. The van der Waals surface area contributed by atoms with E-state index in [4.69, 9.17) is 4.52 Å². The van der Waals surface area contributed by atoms with Crippen LogP contribution in [-0.2, 0) is 17.9 Å². The van der Waals surface area contributed by atoms with E-state index < -0.39 is 23.9 Å². The second kappa shape index (κ2) is 8.09. The summed E-state index contributed by atoms with van der Waals surface area (Å²) in [6.07, 6.45) is -1.47. The summed E-state index contributed by atoms with van der Waals surface area (Å²) in [5.74, 6) is -0.104. The van der Waals surface area contributed by atoms with Crippen LogP contribution in [0.15, 0.2) is 15.4 Å². The van der Waals surface area contributed by atoms with E-state index in [2.05, 4.69) is 20.4 Å². The highest BCUT2D eigenvalue weighted by Crippen LogP contribution is 2.32. The molecule has 9 nitrogen and oxygen atoms in total. The van der Waals surface area contributed by atoms with E-state index in [1.165, 1.54) is 0 Å². The van der Waals surface area contributed by atoms with Gasteiger partial charge in [0, 0.05) is 19.2 Å². The van der Waals surface area contributed by atoms with E-state index in [1.807, 2.05) is 0 Å². The van der Waals surface area contributed by atoms with Crippen molar-refractivity contribution in [2.24, 2.45) is 0 Å². The largest absolute Gasteiger partial charge is 0.361 e. The van der Waals surface area contributed by atoms with Crippen LogP contribution in [0.1, 0.15) is 43.5 Å². The Labute approximate surface area is 173 Å². The van der Waals surface area contributed by atoms with Gasteiger partial charge in [0.25, 0.3) is 12.0 Å². The number of rotatable bonds is 6. The maximum Gasteiger partial charge on any atom is 0.295 e. The van der Waals surface area contributed by atoms with Crippen molar-refractivity contribution in [1.29, 1.82) is 0 Å². The van der Waals surface area contributed by atoms with Crippen LogP contribution in [0.25, 0.3) is 10.3 Å². The van der Waals surface area contributed by atoms with E-state index >= 15 is 0 Å². The summed E-state index contributed by atoms with van der Waals surface area (Å²) >= 11 is 1.05. The van der Waals surface area contributed by atoms with Crippen LogP contribution < -0.4 is 15.8 Å². The van der Waals surface area contributed by atoms with Gasteiger partial charge in [0.05, 0.1) is 6.54 Å². The second-order valence-corrected chi connectivity index (χ2v) is 7.92. The van der Waals surface area contributed by atoms with Gasteiger partial charge in [0.1, 0.15) is 17.5 Å². The number of nitrogens with one attached hydrogen (secondary N) is 1. The molecule has 1 N–H and O–H groups in total. The normalized spacial score (nSPS) is 16.7. The Bertz CT molecular complexity index is 1140. The molecule has 12 heteroatoms. The lowest BCUT2D eigenvalue weighted by molar-refractivity contribution is -0.122. The fourth-order valence-electron chi connectivity index (χ4n) is 3.57. The molecule has 160 valence electrons. The third-order valence-corrected chi connectivity index (χ3v) is 5.96. The first-order valence-corrected chi connectivity index (χ1v) is 10.4. The van der Waals surface area contributed by atoms with Crippen molar-refractivity contribution in [1.82, 2.24) is 25.0 Å². The van der Waals surface area contributed by atoms with Crippen LogP contribution in [0.4, 0.5) is 13.9 Å². The van der Waals surface area contributed by atoms with Gasteiger partial charge in [-0.05, 0) is 26.7 Å². The fraction of sp³-hybridized carbons (Fsp3) is 0.500. The summed E-state index contributed by atoms with van der Waals surface area (Å²) in [4.78, 5) is 35.6. The smallest absolute Gasteiger partial charge is 0.295 e. The lowest BCUT2D eigenvalue weighted by atomic mass is 10.2. The number of thiazole rings is 1. The molecule has 1 aliphatic heterocycles. The summed E-state index contributed by atoms with van der Waals surface area (Å²) in [6, 6.07) is 1.27. The summed E-state index contributed by atoms with van der Waals surface area (Å²) < 4.78 is 32.5. The maximum absolute atomic E-state index is 13.3. The van der Waals surface area contributed by atoms with Gasteiger partial charge in [-0.15, -0.1) is 0 Å². The van der Waals surface area contributed by atoms with E-state index in [0.29, 0.717) is 29.6 Å². The Hall–Kier alpha value is -2.89. The number of nitrogens with zero attached hydrogens (tertiary/aromatic N) is 5. The molecule has 1 saturated heterocycles. The van der Waals surface area contributed by atoms with Crippen molar-refractivity contribution in [2.75, 3.05) is 11.4 Å². The quantitative estimate of drug-likeness (QED) is 0.630. The van der Waals surface area contributed by atoms with Crippen LogP contribution in [0.3, 0.4) is 0 Å². The Balaban J connectivity index is 1.59. The van der Waals surface area contributed by atoms with Crippen molar-refractivity contribution in [3.63, 3.8) is 0 Å². The number of aryl methyl sites for hydroxylation is 1. The predicted molar refractivity (Wildman–Crippen MR) is 106 cm³/mol. The summed E-state index contributed by atoms with van der Waals surface area (Å²) in [5.41, 5.74) is 0.0708. The first kappa shape index (κ1) is 20.4. The average molecular weight is 438 g/mol. The Morgan fingerprint density at radius 2 is 2.23 bits per heavy atom. The van der Waals surface area contributed by atoms with Gasteiger partial charge < -0.3 is 14.7 Å². The highest BCUT2D eigenvalue weighted by Gasteiger charge is 2.33. The molecular formula is C18H20F2N6O3S. The molecule has 0 aliphatic carbocycles. The SMILES string of the molecule is CCn1c(C(F)F)nc2sc(N3CCC[C@@H]3C(=O)NCc3cc(C)on3)nc2c1=O. The first-order valence-electron chi connectivity index (χ1n) is 9.55. The molecule has 3 aromatic heterocycles. The minimum atomic E-state index is -2.86. The van der Waals surface area contributed by atoms with Crippen molar-refractivity contribution < 1.29 is 18.1 Å². The van der Waals surface area contributed by atoms with E-state index in [9.17, 15) is 18.4 Å². The maximum atomic E-state index is 13.3. The lowest BCUT2D eigenvalue weighted by Gasteiger charge is -2.22. The van der Waals surface area contributed by atoms with E-state index in [0.717, 1.165) is 22.3 Å². The van der Waals surface area contributed by atoms with Crippen molar-refractivity contribution in [3.8, 4) is 0 Å². The van der Waals surface area contributed by atoms with Gasteiger partial charge in [-0.25, -0.2) is 18.7 Å². The lowest BCUT2D eigenvalue weighted by Crippen LogP contribution is -2.43. The molecule has 0 aromatic carbocycles. The van der Waals surface area contributed by atoms with Gasteiger partial charge in [-0.1, -0.05) is 16.5 Å². The Morgan fingerprint density at radius 3 is 2.90 bits per heavy atom. The van der Waals surface area contributed by atoms with Gasteiger partial charge in [0.15, 0.2) is 21.3 Å². The molecule has 3 aromatic rings. The Kier molecular flexibility index (Phi) is 5.50. The molecular weight excluding hydrogens is 418 g/mol.